The van der Waals surface area contributed by atoms with Crippen LogP contribution in [0.5, 0.6) is 0 Å². The third-order valence-electron chi connectivity index (χ3n) is 8.00. The number of hydrogen-bond acceptors (Lipinski definition) is 5. The fourth-order valence-corrected chi connectivity index (χ4v) is 7.27. The summed E-state index contributed by atoms with van der Waals surface area (Å²) in [5.74, 6) is 0. The molecule has 1 aliphatic carbocycles. The lowest BCUT2D eigenvalue weighted by atomic mass is 9.95. The maximum absolute atomic E-state index is 13.0. The molecule has 2 fully saturated rings. The molecule has 3 aliphatic rings. The van der Waals surface area contributed by atoms with Gasteiger partial charge in [0.15, 0.2) is 5.13 Å². The van der Waals surface area contributed by atoms with Crippen molar-refractivity contribution in [2.24, 2.45) is 0 Å². The van der Waals surface area contributed by atoms with Crippen LogP contribution in [0.3, 0.4) is 0 Å². The van der Waals surface area contributed by atoms with E-state index in [0.29, 0.717) is 23.2 Å². The number of aromatic nitrogens is 3. The number of benzene rings is 2. The van der Waals surface area contributed by atoms with Gasteiger partial charge in [0.2, 0.25) is 0 Å². The Morgan fingerprint density at radius 1 is 0.976 bits per heavy atom. The largest absolute Gasteiger partial charge is 0.333 e. The van der Waals surface area contributed by atoms with E-state index in [4.69, 9.17) is 21.7 Å². The zero-order valence-corrected chi connectivity index (χ0v) is 24.0. The topological polar surface area (TPSA) is 95.4 Å². The van der Waals surface area contributed by atoms with Crippen molar-refractivity contribution in [3.05, 3.63) is 70.9 Å². The van der Waals surface area contributed by atoms with Gasteiger partial charge in [0.25, 0.3) is 0 Å². The van der Waals surface area contributed by atoms with Gasteiger partial charge in [-0.15, -0.1) is 0 Å². The minimum Gasteiger partial charge on any atom is -0.333 e. The molecule has 9 nitrogen and oxygen atoms in total. The van der Waals surface area contributed by atoms with Gasteiger partial charge in [-0.05, 0) is 50.3 Å². The molecule has 2 saturated heterocycles. The van der Waals surface area contributed by atoms with E-state index >= 15 is 0 Å². The molecule has 4 aromatic rings. The maximum atomic E-state index is 13.0. The molecule has 2 N–H and O–H groups in total. The quantitative estimate of drug-likeness (QED) is 0.314. The minimum atomic E-state index is -0.301. The Bertz CT molecular complexity index is 1610. The Morgan fingerprint density at radius 3 is 2.61 bits per heavy atom. The van der Waals surface area contributed by atoms with Crippen LogP contribution in [0.25, 0.3) is 27.5 Å². The molecule has 0 saturated carbocycles. The molecule has 7 rings (SSSR count). The first-order chi connectivity index (χ1) is 20.0. The fourth-order valence-electron chi connectivity index (χ4n) is 6.02. The van der Waals surface area contributed by atoms with Gasteiger partial charge >= 0.3 is 12.1 Å². The molecule has 0 unspecified atom stereocenters. The van der Waals surface area contributed by atoms with Gasteiger partial charge in [0.05, 0.1) is 27.6 Å². The molecule has 4 heterocycles. The minimum absolute atomic E-state index is 0.0829. The number of urea groups is 2. The Hall–Kier alpha value is -3.89. The third-order valence-corrected chi connectivity index (χ3v) is 9.25. The second-order valence-corrected chi connectivity index (χ2v) is 12.2. The van der Waals surface area contributed by atoms with Crippen LogP contribution in [-0.4, -0.2) is 68.8 Å². The first-order valence-corrected chi connectivity index (χ1v) is 15.3. The summed E-state index contributed by atoms with van der Waals surface area (Å²) in [6.07, 6.45) is 4.43. The number of fused-ring (bicyclic) bond motifs is 3. The number of hydrogen-bond donors (Lipinski definition) is 2. The number of carbonyl (C=O) groups is 2. The van der Waals surface area contributed by atoms with E-state index in [-0.39, 0.29) is 18.1 Å². The van der Waals surface area contributed by atoms with E-state index in [2.05, 4.69) is 22.8 Å². The first kappa shape index (κ1) is 26.0. The lowest BCUT2D eigenvalue weighted by Gasteiger charge is -2.24. The van der Waals surface area contributed by atoms with Gasteiger partial charge in [-0.3, -0.25) is 5.32 Å². The highest BCUT2D eigenvalue weighted by Gasteiger charge is 2.32. The molecule has 2 aromatic carbocycles. The molecule has 4 amide bonds. The van der Waals surface area contributed by atoms with Gasteiger partial charge < -0.3 is 15.1 Å². The van der Waals surface area contributed by atoms with Crippen LogP contribution in [0, 0.1) is 0 Å². The Balaban J connectivity index is 1.12. The summed E-state index contributed by atoms with van der Waals surface area (Å²) < 4.78 is 1.95. The molecule has 0 spiro atoms. The highest BCUT2D eigenvalue weighted by Crippen LogP contribution is 2.44. The van der Waals surface area contributed by atoms with Crippen molar-refractivity contribution in [1.82, 2.24) is 29.9 Å². The number of nitrogens with one attached hydrogen (secondary N) is 2. The van der Waals surface area contributed by atoms with Crippen LogP contribution < -0.4 is 10.6 Å². The predicted molar refractivity (Wildman–Crippen MR) is 161 cm³/mol. The summed E-state index contributed by atoms with van der Waals surface area (Å²) >= 11 is 7.82. The molecular formula is C30H30ClN7O2S. The highest BCUT2D eigenvalue weighted by atomic mass is 35.5. The van der Waals surface area contributed by atoms with E-state index < -0.39 is 0 Å². The van der Waals surface area contributed by atoms with Crippen LogP contribution in [-0.2, 0) is 12.8 Å². The predicted octanol–water partition coefficient (Wildman–Crippen LogP) is 5.83. The number of amides is 4. The zero-order chi connectivity index (χ0) is 27.9. The van der Waals surface area contributed by atoms with E-state index in [1.54, 1.807) is 0 Å². The summed E-state index contributed by atoms with van der Waals surface area (Å²) in [5.41, 5.74) is 5.98. The average Bonchev–Trinajstić information content (AvgIpc) is 3.79. The van der Waals surface area contributed by atoms with Gasteiger partial charge in [0, 0.05) is 48.4 Å². The van der Waals surface area contributed by atoms with Crippen molar-refractivity contribution in [2.75, 3.05) is 31.5 Å². The SMILES string of the molecule is O=C(Nc1nc2c(s1)-c1c(c(-c3ccccc3)nn1-c1cccc(Cl)c1)CC2)N[C@@H]1CCN(C(=O)N2CCCC2)C1. The average molecular weight is 588 g/mol. The lowest BCUT2D eigenvalue weighted by Crippen LogP contribution is -2.44. The molecule has 0 bridgehead atoms. The smallest absolute Gasteiger partial charge is 0.321 e. The second-order valence-electron chi connectivity index (χ2n) is 10.7. The Kier molecular flexibility index (Phi) is 6.88. The molecule has 2 aromatic heterocycles. The normalized spacial score (nSPS) is 17.8. The number of thiazole rings is 1. The van der Waals surface area contributed by atoms with Crippen molar-refractivity contribution >= 4 is 40.1 Å². The van der Waals surface area contributed by atoms with Crippen molar-refractivity contribution in [1.29, 1.82) is 0 Å². The number of aryl methyl sites for hydroxylation is 1. The molecular weight excluding hydrogens is 558 g/mol. The fraction of sp³-hybridized carbons (Fsp3) is 0.333. The molecule has 41 heavy (non-hydrogen) atoms. The molecule has 210 valence electrons. The summed E-state index contributed by atoms with van der Waals surface area (Å²) in [6, 6.07) is 17.6. The number of rotatable bonds is 4. The van der Waals surface area contributed by atoms with Gasteiger partial charge in [0.1, 0.15) is 0 Å². The van der Waals surface area contributed by atoms with E-state index in [1.807, 2.05) is 56.9 Å². The summed E-state index contributed by atoms with van der Waals surface area (Å²) in [6.45, 7) is 2.84. The van der Waals surface area contributed by atoms with E-state index in [9.17, 15) is 9.59 Å². The third kappa shape index (κ3) is 5.06. The number of likely N-dealkylation sites (tertiary alicyclic amines) is 2. The first-order valence-electron chi connectivity index (χ1n) is 14.1. The van der Waals surface area contributed by atoms with E-state index in [0.717, 1.165) is 84.0 Å². The molecule has 1 atom stereocenters. The van der Waals surface area contributed by atoms with Gasteiger partial charge in [-0.1, -0.05) is 59.3 Å². The Morgan fingerprint density at radius 2 is 1.80 bits per heavy atom. The van der Waals surface area contributed by atoms with Crippen molar-refractivity contribution in [3.63, 3.8) is 0 Å². The van der Waals surface area contributed by atoms with Crippen molar-refractivity contribution in [3.8, 4) is 27.5 Å². The van der Waals surface area contributed by atoms with Crippen LogP contribution >= 0.6 is 22.9 Å². The van der Waals surface area contributed by atoms with Gasteiger partial charge in [-0.2, -0.15) is 5.10 Å². The number of nitrogens with zero attached hydrogens (tertiary/aromatic N) is 5. The lowest BCUT2D eigenvalue weighted by molar-refractivity contribution is 0.172. The van der Waals surface area contributed by atoms with Crippen molar-refractivity contribution in [2.45, 2.75) is 38.1 Å². The zero-order valence-electron chi connectivity index (χ0n) is 22.5. The van der Waals surface area contributed by atoms with Crippen LogP contribution in [0.15, 0.2) is 54.6 Å². The number of halogens is 1. The van der Waals surface area contributed by atoms with Crippen LogP contribution in [0.4, 0.5) is 14.7 Å². The summed E-state index contributed by atoms with van der Waals surface area (Å²) in [7, 11) is 0. The van der Waals surface area contributed by atoms with E-state index in [1.165, 1.54) is 11.3 Å². The second kappa shape index (κ2) is 10.8. The standard InChI is InChI=1S/C30H30ClN7O2S/c31-20-9-6-10-22(17-20)38-26-23(25(35-38)19-7-2-1-3-8-19)11-12-24-27(26)41-29(33-24)34-28(39)32-21-13-16-37(18-21)30(40)36-14-4-5-15-36/h1-3,6-10,17,21H,4-5,11-16,18H2,(H2,32,33,34,39)/t21-/m1/s1. The maximum Gasteiger partial charge on any atom is 0.321 e. The summed E-state index contributed by atoms with van der Waals surface area (Å²) in [4.78, 5) is 35.3. The highest BCUT2D eigenvalue weighted by molar-refractivity contribution is 7.19. The van der Waals surface area contributed by atoms with Crippen molar-refractivity contribution < 1.29 is 9.59 Å². The molecule has 2 aliphatic heterocycles. The van der Waals surface area contributed by atoms with Crippen LogP contribution in [0.1, 0.15) is 30.5 Å². The monoisotopic (exact) mass is 587 g/mol. The van der Waals surface area contributed by atoms with Crippen LogP contribution in [0.2, 0.25) is 5.02 Å². The molecule has 11 heteroatoms. The summed E-state index contributed by atoms with van der Waals surface area (Å²) in [5, 5.41) is 12.2. The number of carbonyl (C=O) groups excluding carboxylic acids is 2. The number of anilines is 1. The van der Waals surface area contributed by atoms with Gasteiger partial charge in [-0.25, -0.2) is 19.3 Å². The molecule has 0 radical (unpaired) electrons. The Labute approximate surface area is 247 Å².